The van der Waals surface area contributed by atoms with Gasteiger partial charge >= 0.3 is 0 Å². The largest absolute Gasteiger partial charge is 0.312 e. The van der Waals surface area contributed by atoms with E-state index in [2.05, 4.69) is 24.1 Å². The first-order valence-electron chi connectivity index (χ1n) is 5.25. The molecule has 0 aromatic heterocycles. The molecule has 0 amide bonds. The van der Waals surface area contributed by atoms with E-state index in [0.717, 1.165) is 18.0 Å². The summed E-state index contributed by atoms with van der Waals surface area (Å²) in [4.78, 5) is 2.60. The minimum Gasteiger partial charge on any atom is -0.312 e. The zero-order valence-electron chi connectivity index (χ0n) is 8.21. The monoisotopic (exact) mass is 168 g/mol. The molecule has 0 spiro atoms. The summed E-state index contributed by atoms with van der Waals surface area (Å²) in [6, 6.07) is 1.54. The van der Waals surface area contributed by atoms with Gasteiger partial charge in [0, 0.05) is 18.6 Å². The minimum atomic E-state index is 0.730. The minimum absolute atomic E-state index is 0.730. The Labute approximate surface area is 75.3 Å². The second-order valence-electron chi connectivity index (χ2n) is 4.49. The van der Waals surface area contributed by atoms with E-state index < -0.39 is 0 Å². The van der Waals surface area contributed by atoms with Crippen molar-refractivity contribution in [2.75, 3.05) is 19.6 Å². The van der Waals surface area contributed by atoms with Crippen LogP contribution in [-0.4, -0.2) is 36.6 Å². The van der Waals surface area contributed by atoms with E-state index >= 15 is 0 Å². The van der Waals surface area contributed by atoms with Crippen molar-refractivity contribution in [2.45, 2.75) is 38.8 Å². The summed E-state index contributed by atoms with van der Waals surface area (Å²) in [7, 11) is 0. The number of nitrogens with zero attached hydrogens (tertiary/aromatic N) is 1. The van der Waals surface area contributed by atoms with Crippen LogP contribution in [0.4, 0.5) is 0 Å². The smallest absolute Gasteiger partial charge is 0.0224 e. The van der Waals surface area contributed by atoms with Gasteiger partial charge in [-0.25, -0.2) is 0 Å². The normalized spacial score (nSPS) is 37.2. The topological polar surface area (TPSA) is 15.3 Å². The van der Waals surface area contributed by atoms with Crippen LogP contribution in [0.3, 0.4) is 0 Å². The molecule has 2 aliphatic rings. The predicted octanol–water partition coefficient (Wildman–Crippen LogP) is 1.08. The summed E-state index contributed by atoms with van der Waals surface area (Å²) in [5.41, 5.74) is 0. The highest BCUT2D eigenvalue weighted by Crippen LogP contribution is 2.25. The van der Waals surface area contributed by atoms with Crippen molar-refractivity contribution in [3.8, 4) is 0 Å². The molecule has 0 unspecified atom stereocenters. The molecule has 0 saturated carbocycles. The van der Waals surface area contributed by atoms with Crippen LogP contribution < -0.4 is 5.32 Å². The van der Waals surface area contributed by atoms with Crippen LogP contribution in [-0.2, 0) is 0 Å². The van der Waals surface area contributed by atoms with Gasteiger partial charge in [-0.05, 0) is 45.7 Å². The highest BCUT2D eigenvalue weighted by molar-refractivity contribution is 4.91. The SMILES string of the molecule is CC(C)N1CC[C@H]2CCN[C@H]2C1. The van der Waals surface area contributed by atoms with Gasteiger partial charge in [-0.2, -0.15) is 0 Å². The van der Waals surface area contributed by atoms with Crippen molar-refractivity contribution < 1.29 is 0 Å². The molecule has 2 heterocycles. The van der Waals surface area contributed by atoms with Crippen LogP contribution in [0.1, 0.15) is 26.7 Å². The number of hydrogen-bond donors (Lipinski definition) is 1. The average molecular weight is 168 g/mol. The maximum Gasteiger partial charge on any atom is 0.0224 e. The molecule has 2 saturated heterocycles. The van der Waals surface area contributed by atoms with Gasteiger partial charge in [0.05, 0.1) is 0 Å². The molecule has 0 aromatic rings. The van der Waals surface area contributed by atoms with E-state index in [4.69, 9.17) is 0 Å². The predicted molar refractivity (Wildman–Crippen MR) is 51.2 cm³/mol. The number of hydrogen-bond acceptors (Lipinski definition) is 2. The summed E-state index contributed by atoms with van der Waals surface area (Å²) in [6.45, 7) is 8.45. The van der Waals surface area contributed by atoms with Gasteiger partial charge in [0.2, 0.25) is 0 Å². The van der Waals surface area contributed by atoms with Crippen molar-refractivity contribution in [1.82, 2.24) is 10.2 Å². The zero-order chi connectivity index (χ0) is 8.55. The summed E-state index contributed by atoms with van der Waals surface area (Å²) >= 11 is 0. The van der Waals surface area contributed by atoms with Crippen LogP contribution >= 0.6 is 0 Å². The Morgan fingerprint density at radius 2 is 2.17 bits per heavy atom. The van der Waals surface area contributed by atoms with Gasteiger partial charge in [0.1, 0.15) is 0 Å². The third kappa shape index (κ3) is 1.50. The van der Waals surface area contributed by atoms with Crippen molar-refractivity contribution in [3.63, 3.8) is 0 Å². The third-order valence-electron chi connectivity index (χ3n) is 3.44. The Kier molecular flexibility index (Phi) is 2.37. The lowest BCUT2D eigenvalue weighted by Crippen LogP contribution is -2.48. The summed E-state index contributed by atoms with van der Waals surface area (Å²) < 4.78 is 0. The molecule has 2 atom stereocenters. The third-order valence-corrected chi connectivity index (χ3v) is 3.44. The standard InChI is InChI=1S/C10H20N2/c1-8(2)12-6-4-9-3-5-11-10(9)7-12/h8-11H,3-7H2,1-2H3/t9-,10+/m1/s1. The molecular formula is C10H20N2. The van der Waals surface area contributed by atoms with Crippen LogP contribution in [0, 0.1) is 5.92 Å². The summed E-state index contributed by atoms with van der Waals surface area (Å²) in [6.07, 6.45) is 2.83. The van der Waals surface area contributed by atoms with Crippen LogP contribution in [0.2, 0.25) is 0 Å². The fourth-order valence-electron chi connectivity index (χ4n) is 2.53. The quantitative estimate of drug-likeness (QED) is 0.630. The number of likely N-dealkylation sites (tertiary alicyclic amines) is 1. The molecule has 2 rings (SSSR count). The Morgan fingerprint density at radius 3 is 2.92 bits per heavy atom. The molecule has 70 valence electrons. The van der Waals surface area contributed by atoms with E-state index in [1.165, 1.54) is 32.5 Å². The van der Waals surface area contributed by atoms with Gasteiger partial charge < -0.3 is 5.32 Å². The fraction of sp³-hybridized carbons (Fsp3) is 1.00. The van der Waals surface area contributed by atoms with Gasteiger partial charge in [-0.3, -0.25) is 4.90 Å². The molecule has 0 aromatic carbocycles. The molecule has 2 heteroatoms. The molecule has 0 aliphatic carbocycles. The van der Waals surface area contributed by atoms with Crippen LogP contribution in [0.25, 0.3) is 0 Å². The van der Waals surface area contributed by atoms with Gasteiger partial charge in [0.15, 0.2) is 0 Å². The molecule has 2 nitrogen and oxygen atoms in total. The van der Waals surface area contributed by atoms with Gasteiger partial charge in [-0.15, -0.1) is 0 Å². The van der Waals surface area contributed by atoms with Crippen LogP contribution in [0.5, 0.6) is 0 Å². The van der Waals surface area contributed by atoms with Gasteiger partial charge in [0.25, 0.3) is 0 Å². The van der Waals surface area contributed by atoms with Crippen molar-refractivity contribution >= 4 is 0 Å². The Balaban J connectivity index is 1.92. The number of rotatable bonds is 1. The highest BCUT2D eigenvalue weighted by Gasteiger charge is 2.32. The molecule has 0 bridgehead atoms. The molecule has 1 N–H and O–H groups in total. The number of fused-ring (bicyclic) bond motifs is 1. The zero-order valence-corrected chi connectivity index (χ0v) is 8.21. The van der Waals surface area contributed by atoms with Gasteiger partial charge in [-0.1, -0.05) is 0 Å². The first kappa shape index (κ1) is 8.52. The lowest BCUT2D eigenvalue weighted by Gasteiger charge is -2.37. The Bertz CT molecular complexity index is 156. The van der Waals surface area contributed by atoms with E-state index in [9.17, 15) is 0 Å². The van der Waals surface area contributed by atoms with Crippen molar-refractivity contribution in [2.24, 2.45) is 5.92 Å². The second kappa shape index (κ2) is 3.35. The Morgan fingerprint density at radius 1 is 1.33 bits per heavy atom. The molecule has 2 aliphatic heterocycles. The summed E-state index contributed by atoms with van der Waals surface area (Å²) in [5.74, 6) is 0.986. The molecule has 0 radical (unpaired) electrons. The second-order valence-corrected chi connectivity index (χ2v) is 4.49. The maximum atomic E-state index is 3.60. The first-order valence-corrected chi connectivity index (χ1v) is 5.25. The van der Waals surface area contributed by atoms with Crippen molar-refractivity contribution in [3.05, 3.63) is 0 Å². The fourth-order valence-corrected chi connectivity index (χ4v) is 2.53. The van der Waals surface area contributed by atoms with E-state index in [-0.39, 0.29) is 0 Å². The lowest BCUT2D eigenvalue weighted by molar-refractivity contribution is 0.134. The first-order chi connectivity index (χ1) is 5.77. The van der Waals surface area contributed by atoms with E-state index in [1.807, 2.05) is 0 Å². The molecule has 2 fully saturated rings. The molecular weight excluding hydrogens is 148 g/mol. The lowest BCUT2D eigenvalue weighted by atomic mass is 9.92. The maximum absolute atomic E-state index is 3.60. The van der Waals surface area contributed by atoms with E-state index in [0.29, 0.717) is 0 Å². The average Bonchev–Trinajstić information content (AvgIpc) is 2.49. The van der Waals surface area contributed by atoms with Crippen LogP contribution in [0.15, 0.2) is 0 Å². The molecule has 12 heavy (non-hydrogen) atoms. The Hall–Kier alpha value is -0.0800. The highest BCUT2D eigenvalue weighted by atomic mass is 15.2. The van der Waals surface area contributed by atoms with E-state index in [1.54, 1.807) is 0 Å². The number of nitrogens with one attached hydrogen (secondary N) is 1. The van der Waals surface area contributed by atoms with Crippen molar-refractivity contribution in [1.29, 1.82) is 0 Å². The summed E-state index contributed by atoms with van der Waals surface area (Å²) in [5, 5.41) is 3.60. The number of piperidine rings is 1.